The summed E-state index contributed by atoms with van der Waals surface area (Å²) in [5, 5.41) is 28.4. The first-order valence-electron chi connectivity index (χ1n) is 32.7. The topological polar surface area (TPSA) is 243 Å². The van der Waals surface area contributed by atoms with E-state index in [0.717, 1.165) is 56.2 Å². The van der Waals surface area contributed by atoms with Crippen LogP contribution in [-0.2, 0) is 14.6 Å². The number of hydrogen-bond donors (Lipinski definition) is 3. The number of benzene rings is 3. The largest absolute Gasteiger partial charge is 0.573 e. The third-order valence-electron chi connectivity index (χ3n) is 16.4. The predicted octanol–water partition coefficient (Wildman–Crippen LogP) is 16.2. The van der Waals surface area contributed by atoms with Crippen molar-refractivity contribution in [2.24, 2.45) is 29.4 Å². The minimum Gasteiger partial charge on any atom is -0.406 e. The van der Waals surface area contributed by atoms with Crippen LogP contribution in [0.15, 0.2) is 128 Å². The van der Waals surface area contributed by atoms with Gasteiger partial charge in [0.15, 0.2) is 16.9 Å². The Morgan fingerprint density at radius 2 is 0.873 bits per heavy atom. The smallest absolute Gasteiger partial charge is 0.406 e. The molecule has 0 amide bonds. The number of sulfone groups is 1. The molecule has 5 fully saturated rings. The highest BCUT2D eigenvalue weighted by atomic mass is 35.5. The fourth-order valence-corrected chi connectivity index (χ4v) is 17.1. The van der Waals surface area contributed by atoms with Gasteiger partial charge in [0.1, 0.15) is 49.7 Å². The normalized spacial score (nSPS) is 16.9. The van der Waals surface area contributed by atoms with Gasteiger partial charge in [-0.2, -0.15) is 57.4 Å². The van der Waals surface area contributed by atoms with Crippen molar-refractivity contribution in [1.29, 1.82) is 5.26 Å². The number of anilines is 2. The lowest BCUT2D eigenvalue weighted by Gasteiger charge is -2.22. The van der Waals surface area contributed by atoms with E-state index in [1.807, 2.05) is 47.4 Å². The summed E-state index contributed by atoms with van der Waals surface area (Å²) in [7, 11) is -2.91. The highest BCUT2D eigenvalue weighted by Crippen LogP contribution is 2.33. The number of ketones is 1. The van der Waals surface area contributed by atoms with E-state index in [9.17, 15) is 52.7 Å². The Hall–Kier alpha value is -7.35. The number of nitrogens with two attached hydrogens (primary N) is 1. The number of nitrogens with one attached hydrogen (secondary N) is 2. The molecule has 0 unspecified atom stereocenters. The van der Waals surface area contributed by atoms with E-state index in [1.165, 1.54) is 132 Å². The van der Waals surface area contributed by atoms with Crippen molar-refractivity contribution in [2.75, 3.05) is 87.8 Å². The van der Waals surface area contributed by atoms with Crippen molar-refractivity contribution in [2.45, 2.75) is 83.3 Å². The molecule has 0 atom stereocenters. The second kappa shape index (κ2) is 37.9. The highest BCUT2D eigenvalue weighted by Gasteiger charge is 2.33. The van der Waals surface area contributed by atoms with Gasteiger partial charge in [0.25, 0.3) is 0 Å². The second-order valence-electron chi connectivity index (χ2n) is 23.9. The Kier molecular flexibility index (Phi) is 29.3. The van der Waals surface area contributed by atoms with Crippen LogP contribution >= 0.6 is 58.6 Å². The fraction of sp³-hybridized carbons (Fsp3) is 0.441. The van der Waals surface area contributed by atoms with Gasteiger partial charge in [0.2, 0.25) is 0 Å². The number of carbonyl (C=O) groups is 1. The molecule has 19 nitrogen and oxygen atoms in total. The first kappa shape index (κ1) is 78.8. The quantitative estimate of drug-likeness (QED) is 0.0909. The van der Waals surface area contributed by atoms with Gasteiger partial charge in [-0.3, -0.25) is 4.79 Å². The molecule has 5 saturated heterocycles. The average Bonchev–Trinajstić information content (AvgIpc) is 1.64. The minimum absolute atomic E-state index is 0.202. The summed E-state index contributed by atoms with van der Waals surface area (Å²) in [6.45, 7) is 2.35. The zero-order valence-electron chi connectivity index (χ0n) is 55.0. The van der Waals surface area contributed by atoms with Crippen LogP contribution in [-0.4, -0.2) is 154 Å². The third-order valence-corrected chi connectivity index (χ3v) is 22.5. The van der Waals surface area contributed by atoms with E-state index in [0.29, 0.717) is 99.4 Å². The minimum atomic E-state index is -4.77. The predicted molar refractivity (Wildman–Crippen MR) is 385 cm³/mol. The summed E-state index contributed by atoms with van der Waals surface area (Å²) in [5.74, 6) is 12.9. The van der Waals surface area contributed by atoms with E-state index in [-0.39, 0.29) is 39.8 Å². The van der Waals surface area contributed by atoms with E-state index in [1.54, 1.807) is 57.7 Å². The number of fused-ring (bicyclic) bond motifs is 3. The molecule has 3 aromatic carbocycles. The summed E-state index contributed by atoms with van der Waals surface area (Å²) in [5.41, 5.74) is 10.3. The number of hydrogen-bond acceptors (Lipinski definition) is 20. The maximum absolute atomic E-state index is 12.5. The SMILES string of the molecule is FC(F)(F)Oc1cccc(-c2cnc3ccc(Cl)nn23)c1.FC(F)(F)Oc1cccc(-c2cnc3ccc(NCC4CCSCC4)nn23)c1.N#CC1CCSCC1.NCC1CCSCC1.O=C1CCSCC1.O=S1(=O)CCC(CNc2ccc3ncc(-c4cccc(OC(F)(F)F)c4)n3n2)CC1. The van der Waals surface area contributed by atoms with Crippen LogP contribution in [0.25, 0.3) is 50.7 Å². The van der Waals surface area contributed by atoms with Gasteiger partial charge in [-0.05, 0) is 183 Å². The van der Waals surface area contributed by atoms with Gasteiger partial charge in [0.05, 0.1) is 53.2 Å². The van der Waals surface area contributed by atoms with Crippen LogP contribution in [0.2, 0.25) is 5.15 Å². The molecule has 9 aromatic rings. The Morgan fingerprint density at radius 3 is 1.23 bits per heavy atom. The Morgan fingerprint density at radius 1 is 0.510 bits per heavy atom. The van der Waals surface area contributed by atoms with Crippen LogP contribution in [0.3, 0.4) is 0 Å². The van der Waals surface area contributed by atoms with Gasteiger partial charge >= 0.3 is 19.1 Å². The van der Waals surface area contributed by atoms with Crippen molar-refractivity contribution < 1.29 is 66.9 Å². The number of halogens is 10. The monoisotopic (exact) mass is 1540 g/mol. The van der Waals surface area contributed by atoms with Crippen LogP contribution in [0.4, 0.5) is 51.1 Å². The summed E-state index contributed by atoms with van der Waals surface area (Å²) in [6.07, 6.45) is 0.550. The van der Waals surface area contributed by atoms with Gasteiger partial charge < -0.3 is 30.6 Å². The Balaban J connectivity index is 0.000000155. The summed E-state index contributed by atoms with van der Waals surface area (Å²) >= 11 is 13.7. The van der Waals surface area contributed by atoms with E-state index in [2.05, 4.69) is 72.9 Å². The molecule has 34 heteroatoms. The lowest BCUT2D eigenvalue weighted by molar-refractivity contribution is -0.275. The molecule has 0 aliphatic carbocycles. The van der Waals surface area contributed by atoms with Crippen LogP contribution < -0.4 is 30.6 Å². The number of ether oxygens (including phenoxy) is 3. The maximum Gasteiger partial charge on any atom is 0.573 e. The molecule has 5 aliphatic rings. The number of thioether (sulfide) groups is 4. The van der Waals surface area contributed by atoms with Crippen molar-refractivity contribution in [3.8, 4) is 57.1 Å². The average molecular weight is 1540 g/mol. The number of Topliss-reactive ketones (excluding diaryl/α,β-unsaturated/α-hetero) is 1. The van der Waals surface area contributed by atoms with E-state index >= 15 is 0 Å². The summed E-state index contributed by atoms with van der Waals surface area (Å²) in [4.78, 5) is 23.1. The number of aromatic nitrogens is 9. The molecule has 0 radical (unpaired) electrons. The molecule has 548 valence electrons. The summed E-state index contributed by atoms with van der Waals surface area (Å²) in [6, 6.07) is 29.8. The molecule has 102 heavy (non-hydrogen) atoms. The molecule has 14 rings (SSSR count). The van der Waals surface area contributed by atoms with Crippen molar-refractivity contribution in [1.82, 2.24) is 43.8 Å². The standard InChI is InChI=1S/C19H19F3N4O3S.C19H19F3N4OS.C13H7ClF3N3O.C6H13NS.C6H9NS.C5H8OS/c20-19(21,22)29-15-3-1-2-14(10-15)16-12-24-18-5-4-17(25-26(16)18)23-11-13-6-8-30(27,28)9-7-13;20-19(21,22)27-15-3-1-2-14(10-15)16-12-24-18-5-4-17(25-26(16)18)23-11-13-6-8-28-9-7-13;14-11-4-5-12-18-7-10(20(12)19-11)8-2-1-3-9(6-8)21-13(15,16)17;2*7-5-6-1-3-8-4-2-6;6-5-1-3-7-4-2-5/h1-5,10,12-13H,6-9,11H2,(H,23,25);1-5,10,12-13H,6-9,11H2,(H,23,25);1-7H;6H,1-5,7H2;6H,1-4H2;1-4H2. The number of nitriles is 1. The number of nitrogens with zero attached hydrogens (tertiary/aromatic N) is 10. The molecule has 0 spiro atoms. The molecule has 6 aromatic heterocycles. The van der Waals surface area contributed by atoms with Crippen LogP contribution in [0.5, 0.6) is 17.2 Å². The van der Waals surface area contributed by atoms with Crippen molar-refractivity contribution >= 4 is 103 Å². The summed E-state index contributed by atoms with van der Waals surface area (Å²) < 4.78 is 151. The number of rotatable bonds is 13. The highest BCUT2D eigenvalue weighted by molar-refractivity contribution is 8.00. The fourth-order valence-electron chi connectivity index (χ4n) is 10.9. The molecular formula is C68H75ClF9N13O6S5. The molecule has 5 aliphatic heterocycles. The molecule has 11 heterocycles. The lowest BCUT2D eigenvalue weighted by atomic mass is 10.0. The van der Waals surface area contributed by atoms with Gasteiger partial charge in [-0.15, -0.1) is 49.7 Å². The van der Waals surface area contributed by atoms with Crippen LogP contribution in [0.1, 0.15) is 64.2 Å². The van der Waals surface area contributed by atoms with Gasteiger partial charge in [-0.25, -0.2) is 36.9 Å². The molecule has 0 bridgehead atoms. The first-order chi connectivity index (χ1) is 48.8. The van der Waals surface area contributed by atoms with E-state index < -0.39 is 28.9 Å². The van der Waals surface area contributed by atoms with Crippen LogP contribution in [0, 0.1) is 35.0 Å². The number of alkyl halides is 9. The molecule has 4 N–H and O–H groups in total. The van der Waals surface area contributed by atoms with E-state index in [4.69, 9.17) is 22.6 Å². The zero-order valence-corrected chi connectivity index (χ0v) is 59.9. The van der Waals surface area contributed by atoms with Crippen molar-refractivity contribution in [3.63, 3.8) is 0 Å². The molecule has 0 saturated carbocycles. The Labute approximate surface area is 605 Å². The molecular weight excluding hydrogens is 1460 g/mol. The first-order valence-corrected chi connectivity index (χ1v) is 39.6. The number of carbonyl (C=O) groups excluding carboxylic acids is 1. The van der Waals surface area contributed by atoms with Gasteiger partial charge in [0, 0.05) is 60.0 Å². The number of imidazole rings is 3. The second-order valence-corrected chi connectivity index (χ2v) is 31.5. The third kappa shape index (κ3) is 25.8. The van der Waals surface area contributed by atoms with Gasteiger partial charge in [-0.1, -0.05) is 48.0 Å². The van der Waals surface area contributed by atoms with Crippen molar-refractivity contribution in [3.05, 3.63) is 133 Å². The lowest BCUT2D eigenvalue weighted by Crippen LogP contribution is -2.27. The zero-order chi connectivity index (χ0) is 72.7. The maximum atomic E-state index is 12.5. The Bertz CT molecular complexity index is 4290.